The first kappa shape index (κ1) is 14.0. The van der Waals surface area contributed by atoms with Gasteiger partial charge in [-0.25, -0.2) is 0 Å². The largest absolute Gasteiger partial charge is 0.366 e. The number of amides is 1. The molecule has 0 aliphatic rings. The summed E-state index contributed by atoms with van der Waals surface area (Å²) in [6, 6.07) is 11.1. The molecule has 2 aromatic rings. The highest BCUT2D eigenvalue weighted by molar-refractivity contribution is 9.10. The molecule has 6 nitrogen and oxygen atoms in total. The van der Waals surface area contributed by atoms with Crippen molar-refractivity contribution in [1.29, 1.82) is 0 Å². The lowest BCUT2D eigenvalue weighted by atomic mass is 10.2. The minimum atomic E-state index is -0.522. The number of nitro benzene ring substituents is 1. The second-order valence-corrected chi connectivity index (χ2v) is 4.90. The molecule has 0 aliphatic heterocycles. The van der Waals surface area contributed by atoms with Gasteiger partial charge in [-0.05, 0) is 36.4 Å². The second-order valence-electron chi connectivity index (χ2n) is 3.99. The Morgan fingerprint density at radius 3 is 2.40 bits per heavy atom. The van der Waals surface area contributed by atoms with Gasteiger partial charge < -0.3 is 11.1 Å². The third-order valence-corrected chi connectivity index (χ3v) is 3.10. The normalized spacial score (nSPS) is 10.1. The molecule has 0 heterocycles. The van der Waals surface area contributed by atoms with Crippen molar-refractivity contribution in [2.75, 3.05) is 5.32 Å². The van der Waals surface area contributed by atoms with Crippen LogP contribution in [0.1, 0.15) is 10.4 Å². The van der Waals surface area contributed by atoms with Gasteiger partial charge in [0.2, 0.25) is 5.91 Å². The van der Waals surface area contributed by atoms with Crippen LogP contribution in [-0.4, -0.2) is 10.8 Å². The number of nitrogens with one attached hydrogen (secondary N) is 1. The Kier molecular flexibility index (Phi) is 3.99. The van der Waals surface area contributed by atoms with E-state index in [4.69, 9.17) is 5.73 Å². The molecule has 3 N–H and O–H groups in total. The number of carbonyl (C=O) groups excluding carboxylic acids is 1. The van der Waals surface area contributed by atoms with Gasteiger partial charge in [0, 0.05) is 21.8 Å². The Morgan fingerprint density at radius 2 is 1.85 bits per heavy atom. The van der Waals surface area contributed by atoms with Crippen LogP contribution in [0.2, 0.25) is 0 Å². The van der Waals surface area contributed by atoms with Crippen molar-refractivity contribution in [3.63, 3.8) is 0 Å². The van der Waals surface area contributed by atoms with E-state index in [1.807, 2.05) is 0 Å². The van der Waals surface area contributed by atoms with E-state index in [1.54, 1.807) is 36.4 Å². The molecule has 0 spiro atoms. The molecule has 20 heavy (non-hydrogen) atoms. The van der Waals surface area contributed by atoms with Crippen molar-refractivity contribution in [3.8, 4) is 0 Å². The number of hydrogen-bond acceptors (Lipinski definition) is 4. The van der Waals surface area contributed by atoms with Crippen molar-refractivity contribution in [3.05, 3.63) is 62.6 Å². The van der Waals surface area contributed by atoms with E-state index in [0.717, 1.165) is 0 Å². The molecule has 1 amide bonds. The van der Waals surface area contributed by atoms with Crippen LogP contribution < -0.4 is 11.1 Å². The van der Waals surface area contributed by atoms with Crippen LogP contribution >= 0.6 is 15.9 Å². The van der Waals surface area contributed by atoms with Crippen molar-refractivity contribution < 1.29 is 9.72 Å². The van der Waals surface area contributed by atoms with Crippen molar-refractivity contribution >= 4 is 38.9 Å². The fourth-order valence-corrected chi connectivity index (χ4v) is 1.98. The summed E-state index contributed by atoms with van der Waals surface area (Å²) >= 11 is 3.19. The third-order valence-electron chi connectivity index (χ3n) is 2.60. The fourth-order valence-electron chi connectivity index (χ4n) is 1.63. The summed E-state index contributed by atoms with van der Waals surface area (Å²) in [5.41, 5.74) is 6.47. The lowest BCUT2D eigenvalue weighted by molar-refractivity contribution is -0.384. The smallest absolute Gasteiger partial charge is 0.293 e. The van der Waals surface area contributed by atoms with Crippen molar-refractivity contribution in [2.24, 2.45) is 5.73 Å². The number of hydrogen-bond donors (Lipinski definition) is 2. The molecule has 0 aliphatic carbocycles. The molecule has 0 unspecified atom stereocenters. The SMILES string of the molecule is NC(=O)c1ccc(Nc2ccc(Br)cc2[N+](=O)[O-])cc1. The maximum absolute atomic E-state index is 11.0. The van der Waals surface area contributed by atoms with Gasteiger partial charge in [-0.3, -0.25) is 14.9 Å². The number of anilines is 2. The maximum Gasteiger partial charge on any atom is 0.293 e. The number of halogens is 1. The number of carbonyl (C=O) groups is 1. The highest BCUT2D eigenvalue weighted by Gasteiger charge is 2.14. The maximum atomic E-state index is 11.0. The van der Waals surface area contributed by atoms with Gasteiger partial charge >= 0.3 is 0 Å². The summed E-state index contributed by atoms with van der Waals surface area (Å²) in [6.45, 7) is 0. The van der Waals surface area contributed by atoms with E-state index in [0.29, 0.717) is 21.4 Å². The summed E-state index contributed by atoms with van der Waals surface area (Å²) in [7, 11) is 0. The van der Waals surface area contributed by atoms with Crippen LogP contribution in [0, 0.1) is 10.1 Å². The second kappa shape index (κ2) is 5.70. The predicted molar refractivity (Wildman–Crippen MR) is 79.0 cm³/mol. The minimum absolute atomic E-state index is 0.0432. The van der Waals surface area contributed by atoms with E-state index < -0.39 is 10.8 Å². The molecule has 0 radical (unpaired) electrons. The summed E-state index contributed by atoms with van der Waals surface area (Å²) in [5.74, 6) is -0.522. The van der Waals surface area contributed by atoms with E-state index in [1.165, 1.54) is 6.07 Å². The Hall–Kier alpha value is -2.41. The van der Waals surface area contributed by atoms with Crippen LogP contribution in [0.25, 0.3) is 0 Å². The van der Waals surface area contributed by atoms with Gasteiger partial charge in [0.05, 0.1) is 4.92 Å². The van der Waals surface area contributed by atoms with Crippen LogP contribution in [-0.2, 0) is 0 Å². The highest BCUT2D eigenvalue weighted by Crippen LogP contribution is 2.30. The summed E-state index contributed by atoms with van der Waals surface area (Å²) in [4.78, 5) is 21.5. The lowest BCUT2D eigenvalue weighted by Crippen LogP contribution is -2.10. The van der Waals surface area contributed by atoms with Gasteiger partial charge in [0.1, 0.15) is 5.69 Å². The first-order chi connectivity index (χ1) is 9.47. The molecular weight excluding hydrogens is 326 g/mol. The molecule has 0 bridgehead atoms. The number of nitro groups is 1. The average Bonchev–Trinajstić information content (AvgIpc) is 2.41. The van der Waals surface area contributed by atoms with Crippen molar-refractivity contribution in [1.82, 2.24) is 0 Å². The molecule has 7 heteroatoms. The quantitative estimate of drug-likeness (QED) is 0.662. The van der Waals surface area contributed by atoms with E-state index in [2.05, 4.69) is 21.2 Å². The standard InChI is InChI=1S/C13H10BrN3O3/c14-9-3-6-11(12(7-9)17(19)20)16-10-4-1-8(2-5-10)13(15)18/h1-7,16H,(H2,15,18). The Bertz CT molecular complexity index is 671. The molecule has 0 fully saturated rings. The summed E-state index contributed by atoms with van der Waals surface area (Å²) in [6.07, 6.45) is 0. The number of primary amides is 1. The zero-order valence-corrected chi connectivity index (χ0v) is 11.8. The monoisotopic (exact) mass is 335 g/mol. The average molecular weight is 336 g/mol. The number of nitrogens with zero attached hydrogens (tertiary/aromatic N) is 1. The topological polar surface area (TPSA) is 98.3 Å². The third kappa shape index (κ3) is 3.12. The first-order valence-electron chi connectivity index (χ1n) is 5.58. The molecule has 2 aromatic carbocycles. The zero-order valence-electron chi connectivity index (χ0n) is 10.2. The minimum Gasteiger partial charge on any atom is -0.366 e. The van der Waals surface area contributed by atoms with Crippen LogP contribution in [0.5, 0.6) is 0 Å². The Morgan fingerprint density at radius 1 is 1.20 bits per heavy atom. The molecule has 0 saturated heterocycles. The van der Waals surface area contributed by atoms with Gasteiger partial charge in [0.15, 0.2) is 0 Å². The lowest BCUT2D eigenvalue weighted by Gasteiger charge is -2.07. The van der Waals surface area contributed by atoms with Crippen LogP contribution in [0.3, 0.4) is 0 Å². The highest BCUT2D eigenvalue weighted by atomic mass is 79.9. The van der Waals surface area contributed by atoms with Gasteiger partial charge in [0.25, 0.3) is 5.69 Å². The Labute approximate surface area is 122 Å². The van der Waals surface area contributed by atoms with Crippen LogP contribution in [0.15, 0.2) is 46.9 Å². The van der Waals surface area contributed by atoms with Gasteiger partial charge in [-0.15, -0.1) is 0 Å². The Balaban J connectivity index is 2.30. The van der Waals surface area contributed by atoms with E-state index in [-0.39, 0.29) is 5.69 Å². The van der Waals surface area contributed by atoms with E-state index >= 15 is 0 Å². The number of rotatable bonds is 4. The van der Waals surface area contributed by atoms with Gasteiger partial charge in [-0.1, -0.05) is 15.9 Å². The zero-order chi connectivity index (χ0) is 14.7. The number of benzene rings is 2. The molecule has 102 valence electrons. The fraction of sp³-hybridized carbons (Fsp3) is 0. The molecular formula is C13H10BrN3O3. The molecule has 2 rings (SSSR count). The molecule has 0 aromatic heterocycles. The number of nitrogens with two attached hydrogens (primary N) is 1. The van der Waals surface area contributed by atoms with Crippen LogP contribution in [0.4, 0.5) is 17.1 Å². The predicted octanol–water partition coefficient (Wildman–Crippen LogP) is 3.20. The van der Waals surface area contributed by atoms with E-state index in [9.17, 15) is 14.9 Å². The van der Waals surface area contributed by atoms with Gasteiger partial charge in [-0.2, -0.15) is 0 Å². The molecule has 0 atom stereocenters. The summed E-state index contributed by atoms with van der Waals surface area (Å²) < 4.78 is 0.624. The first-order valence-corrected chi connectivity index (χ1v) is 6.37. The van der Waals surface area contributed by atoms with Crippen molar-refractivity contribution in [2.45, 2.75) is 0 Å². The molecule has 0 saturated carbocycles. The summed E-state index contributed by atoms with van der Waals surface area (Å²) in [5, 5.41) is 13.9.